The van der Waals surface area contributed by atoms with E-state index >= 15 is 0 Å². The molecule has 0 saturated carbocycles. The Labute approximate surface area is 170 Å². The van der Waals surface area contributed by atoms with Gasteiger partial charge in [0, 0.05) is 5.56 Å². The van der Waals surface area contributed by atoms with Crippen molar-refractivity contribution in [2.45, 2.75) is 32.3 Å². The molecule has 1 N–H and O–H groups in total. The number of benzene rings is 2. The maximum atomic E-state index is 11.0. The average Bonchev–Trinajstić information content (AvgIpc) is 3.18. The van der Waals surface area contributed by atoms with Crippen LogP contribution in [0.25, 0.3) is 16.9 Å². The van der Waals surface area contributed by atoms with Crippen molar-refractivity contribution in [3.05, 3.63) is 65.9 Å². The minimum atomic E-state index is -1.15. The molecule has 29 heavy (non-hydrogen) atoms. The second-order valence-electron chi connectivity index (χ2n) is 7.24. The highest BCUT2D eigenvalue weighted by Crippen LogP contribution is 2.31. The first-order valence-corrected chi connectivity index (χ1v) is 9.54. The van der Waals surface area contributed by atoms with E-state index in [9.17, 15) is 9.90 Å². The number of ether oxygens (including phenoxy) is 2. The van der Waals surface area contributed by atoms with Crippen LogP contribution in [-0.4, -0.2) is 35.1 Å². The fraction of sp³-hybridized carbons (Fsp3) is 0.304. The zero-order valence-electron chi connectivity index (χ0n) is 17.0. The van der Waals surface area contributed by atoms with Gasteiger partial charge in [-0.1, -0.05) is 29.8 Å². The van der Waals surface area contributed by atoms with Crippen molar-refractivity contribution >= 4 is 6.47 Å². The van der Waals surface area contributed by atoms with Gasteiger partial charge in [0.15, 0.2) is 0 Å². The second kappa shape index (κ2) is 8.92. The lowest BCUT2D eigenvalue weighted by atomic mass is 9.95. The van der Waals surface area contributed by atoms with Gasteiger partial charge in [-0.3, -0.25) is 4.79 Å². The first kappa shape index (κ1) is 20.6. The molecule has 0 fully saturated rings. The lowest BCUT2D eigenvalue weighted by molar-refractivity contribution is -0.129. The number of aliphatic hydroxyl groups is 1. The van der Waals surface area contributed by atoms with Gasteiger partial charge in [-0.2, -0.15) is 5.10 Å². The SMILES string of the molecule is COc1ccc(-n2nc(C(C)(O)CCCOC=O)cc2-c2ccc(C)cc2)cc1. The highest BCUT2D eigenvalue weighted by atomic mass is 16.5. The number of methoxy groups -OCH3 is 1. The number of carbonyl (C=O) groups excluding carboxylic acids is 1. The van der Waals surface area contributed by atoms with Gasteiger partial charge in [0.2, 0.25) is 0 Å². The summed E-state index contributed by atoms with van der Waals surface area (Å²) in [6.45, 7) is 4.46. The van der Waals surface area contributed by atoms with Crippen molar-refractivity contribution < 1.29 is 19.4 Å². The third-order valence-electron chi connectivity index (χ3n) is 4.92. The maximum absolute atomic E-state index is 11.0. The number of aryl methyl sites for hydroxylation is 1. The Kier molecular flexibility index (Phi) is 6.34. The molecule has 0 bridgehead atoms. The Morgan fingerprint density at radius 3 is 2.45 bits per heavy atom. The van der Waals surface area contributed by atoms with E-state index in [1.165, 1.54) is 5.56 Å². The number of rotatable bonds is 9. The highest BCUT2D eigenvalue weighted by molar-refractivity contribution is 5.63. The molecule has 1 heterocycles. The van der Waals surface area contributed by atoms with Gasteiger partial charge >= 0.3 is 0 Å². The van der Waals surface area contributed by atoms with E-state index in [1.54, 1.807) is 14.0 Å². The van der Waals surface area contributed by atoms with E-state index in [0.29, 0.717) is 25.0 Å². The molecule has 2 aromatic carbocycles. The Morgan fingerprint density at radius 2 is 1.83 bits per heavy atom. The molecule has 0 spiro atoms. The molecule has 6 nitrogen and oxygen atoms in total. The van der Waals surface area contributed by atoms with Gasteiger partial charge < -0.3 is 14.6 Å². The molecule has 1 atom stereocenters. The summed E-state index contributed by atoms with van der Waals surface area (Å²) in [5.41, 5.74) is 3.35. The lowest BCUT2D eigenvalue weighted by Gasteiger charge is -2.20. The van der Waals surface area contributed by atoms with Crippen molar-refractivity contribution in [3.8, 4) is 22.7 Å². The van der Waals surface area contributed by atoms with Gasteiger partial charge in [-0.15, -0.1) is 0 Å². The molecule has 0 amide bonds. The molecule has 0 saturated heterocycles. The predicted octanol–water partition coefficient (Wildman–Crippen LogP) is 4.02. The number of nitrogens with zero attached hydrogens (tertiary/aromatic N) is 2. The summed E-state index contributed by atoms with van der Waals surface area (Å²) in [4.78, 5) is 10.3. The molecule has 1 aromatic heterocycles. The lowest BCUT2D eigenvalue weighted by Crippen LogP contribution is -2.22. The molecule has 152 valence electrons. The summed E-state index contributed by atoms with van der Waals surface area (Å²) >= 11 is 0. The quantitative estimate of drug-likeness (QED) is 0.438. The van der Waals surface area contributed by atoms with E-state index in [2.05, 4.69) is 12.1 Å². The molecule has 0 aliphatic carbocycles. The van der Waals surface area contributed by atoms with Crippen LogP contribution in [0.15, 0.2) is 54.6 Å². The zero-order valence-corrected chi connectivity index (χ0v) is 17.0. The minimum Gasteiger partial charge on any atom is -0.497 e. The van der Waals surface area contributed by atoms with Crippen molar-refractivity contribution in [3.63, 3.8) is 0 Å². The monoisotopic (exact) mass is 394 g/mol. The average molecular weight is 394 g/mol. The molecule has 3 aromatic rings. The summed E-state index contributed by atoms with van der Waals surface area (Å²) in [5.74, 6) is 0.764. The van der Waals surface area contributed by atoms with Gasteiger partial charge in [0.25, 0.3) is 6.47 Å². The topological polar surface area (TPSA) is 73.6 Å². The zero-order chi connectivity index (χ0) is 20.9. The first-order chi connectivity index (χ1) is 13.9. The van der Waals surface area contributed by atoms with E-state index in [-0.39, 0.29) is 6.61 Å². The van der Waals surface area contributed by atoms with Crippen molar-refractivity contribution in [1.82, 2.24) is 9.78 Å². The second-order valence-corrected chi connectivity index (χ2v) is 7.24. The van der Waals surface area contributed by atoms with Crippen LogP contribution < -0.4 is 4.74 Å². The molecular weight excluding hydrogens is 368 g/mol. The third-order valence-corrected chi connectivity index (χ3v) is 4.92. The van der Waals surface area contributed by atoms with Crippen LogP contribution in [0.4, 0.5) is 0 Å². The van der Waals surface area contributed by atoms with Gasteiger partial charge in [-0.25, -0.2) is 4.68 Å². The van der Waals surface area contributed by atoms with Gasteiger partial charge in [0.1, 0.15) is 11.4 Å². The van der Waals surface area contributed by atoms with E-state index < -0.39 is 5.60 Å². The number of carbonyl (C=O) groups is 1. The van der Waals surface area contributed by atoms with Crippen LogP contribution in [0.5, 0.6) is 5.75 Å². The van der Waals surface area contributed by atoms with Gasteiger partial charge in [-0.05, 0) is 57.0 Å². The van der Waals surface area contributed by atoms with Crippen LogP contribution in [0, 0.1) is 6.92 Å². The summed E-state index contributed by atoms with van der Waals surface area (Å²) in [7, 11) is 1.63. The fourth-order valence-corrected chi connectivity index (χ4v) is 3.17. The number of hydrogen-bond donors (Lipinski definition) is 1. The summed E-state index contributed by atoms with van der Waals surface area (Å²) in [6.07, 6.45) is 0.967. The summed E-state index contributed by atoms with van der Waals surface area (Å²) < 4.78 is 11.8. The van der Waals surface area contributed by atoms with Crippen LogP contribution in [0.3, 0.4) is 0 Å². The molecule has 0 radical (unpaired) electrons. The van der Waals surface area contributed by atoms with Crippen LogP contribution in [0.1, 0.15) is 31.0 Å². The van der Waals surface area contributed by atoms with E-state index in [1.807, 2.05) is 54.1 Å². The molecule has 0 aliphatic heterocycles. The van der Waals surface area contributed by atoms with Gasteiger partial charge in [0.05, 0.1) is 30.8 Å². The van der Waals surface area contributed by atoms with Crippen LogP contribution >= 0.6 is 0 Å². The maximum Gasteiger partial charge on any atom is 0.293 e. The Balaban J connectivity index is 2.00. The predicted molar refractivity (Wildman–Crippen MR) is 111 cm³/mol. The highest BCUT2D eigenvalue weighted by Gasteiger charge is 2.28. The third kappa shape index (κ3) is 4.84. The first-order valence-electron chi connectivity index (χ1n) is 9.54. The molecular formula is C23H26N2O4. The minimum absolute atomic E-state index is 0.268. The Hall–Kier alpha value is -3.12. The van der Waals surface area contributed by atoms with E-state index in [0.717, 1.165) is 22.7 Å². The molecule has 1 unspecified atom stereocenters. The molecule has 3 rings (SSSR count). The Bertz CT molecular complexity index is 944. The summed E-state index contributed by atoms with van der Waals surface area (Å²) in [5, 5.41) is 15.7. The molecule has 6 heteroatoms. The van der Waals surface area contributed by atoms with Crippen LogP contribution in [-0.2, 0) is 15.1 Å². The van der Waals surface area contributed by atoms with Crippen molar-refractivity contribution in [1.29, 1.82) is 0 Å². The normalized spacial score (nSPS) is 13.0. The fourth-order valence-electron chi connectivity index (χ4n) is 3.17. The van der Waals surface area contributed by atoms with E-state index in [4.69, 9.17) is 14.6 Å². The number of hydrogen-bond acceptors (Lipinski definition) is 5. The van der Waals surface area contributed by atoms with Crippen LogP contribution in [0.2, 0.25) is 0 Å². The van der Waals surface area contributed by atoms with Crippen molar-refractivity contribution in [2.75, 3.05) is 13.7 Å². The standard InChI is InChI=1S/C23H26N2O4/c1-17-5-7-18(8-6-17)21-15-22(23(2,27)13-4-14-29-16-26)24-25(21)19-9-11-20(28-3)12-10-19/h5-12,15-16,27H,4,13-14H2,1-3H3. The largest absolute Gasteiger partial charge is 0.497 e. The number of aromatic nitrogens is 2. The molecule has 0 aliphatic rings. The smallest absolute Gasteiger partial charge is 0.293 e. The summed E-state index contributed by atoms with van der Waals surface area (Å²) in [6, 6.07) is 17.7. The Morgan fingerprint density at radius 1 is 1.14 bits per heavy atom. The van der Waals surface area contributed by atoms with Crippen molar-refractivity contribution in [2.24, 2.45) is 0 Å².